The zero-order chi connectivity index (χ0) is 31.6. The monoisotopic (exact) mass is 814 g/mol. The number of benzene rings is 3. The molecule has 0 amide bonds. The minimum atomic E-state index is -1.30. The molecule has 0 aliphatic heterocycles. The van der Waals surface area contributed by atoms with E-state index < -0.39 is 8.07 Å². The summed E-state index contributed by atoms with van der Waals surface area (Å²) in [5.41, 5.74) is 8.70. The molecule has 239 valence electrons. The third-order valence-electron chi connectivity index (χ3n) is 9.67. The van der Waals surface area contributed by atoms with Crippen LogP contribution in [0.1, 0.15) is 36.9 Å². The molecular weight excluding hydrogens is 778 g/mol. The van der Waals surface area contributed by atoms with Crippen LogP contribution in [0, 0.1) is 31.1 Å². The van der Waals surface area contributed by atoms with Crippen LogP contribution in [0.5, 0.6) is 0 Å². The first-order chi connectivity index (χ1) is 22.3. The van der Waals surface area contributed by atoms with Crippen LogP contribution in [0.3, 0.4) is 0 Å². The molecule has 0 spiro atoms. The SMILES string of the molecule is C[Si](C)(C)c1ccc(-c2[c-]cc(F)cc2)nc1.Cc1n[c-]n2c3nccc4cc(CC5CCCC5)c5c6ccccc6n(c5c43)c12.[Ir]. The molecule has 8 aromatic rings. The minimum Gasteiger partial charge on any atom is -0.397 e. The van der Waals surface area contributed by atoms with Crippen LogP contribution in [0.25, 0.3) is 55.1 Å². The van der Waals surface area contributed by atoms with E-state index in [1.807, 2.05) is 22.9 Å². The van der Waals surface area contributed by atoms with Gasteiger partial charge in [0.1, 0.15) is 0 Å². The van der Waals surface area contributed by atoms with Crippen LogP contribution in [0.2, 0.25) is 19.6 Å². The van der Waals surface area contributed by atoms with Crippen molar-refractivity contribution in [1.29, 1.82) is 0 Å². The normalized spacial score (nSPS) is 14.0. The van der Waals surface area contributed by atoms with E-state index in [0.717, 1.165) is 34.2 Å². The first kappa shape index (κ1) is 31.6. The summed E-state index contributed by atoms with van der Waals surface area (Å²) in [5.74, 6) is 0.537. The maximum absolute atomic E-state index is 12.8. The summed E-state index contributed by atoms with van der Waals surface area (Å²) in [4.78, 5) is 13.7. The van der Waals surface area contributed by atoms with Gasteiger partial charge in [0, 0.05) is 77.5 Å². The second kappa shape index (κ2) is 12.2. The van der Waals surface area contributed by atoms with Gasteiger partial charge < -0.3 is 18.8 Å². The molecule has 47 heavy (non-hydrogen) atoms. The molecule has 1 fully saturated rings. The Hall–Kier alpha value is -3.97. The van der Waals surface area contributed by atoms with Crippen LogP contribution in [-0.4, -0.2) is 31.8 Å². The molecule has 0 unspecified atom stereocenters. The maximum Gasteiger partial charge on any atom is 0.0795 e. The van der Waals surface area contributed by atoms with Crippen molar-refractivity contribution in [3.8, 4) is 11.3 Å². The smallest absolute Gasteiger partial charge is 0.0795 e. The van der Waals surface area contributed by atoms with Crippen LogP contribution in [0.15, 0.2) is 79.1 Å². The quantitative estimate of drug-likeness (QED) is 0.132. The molecule has 1 saturated carbocycles. The Labute approximate surface area is 288 Å². The Morgan fingerprint density at radius 2 is 1.77 bits per heavy atom. The molecule has 8 heteroatoms. The van der Waals surface area contributed by atoms with Crippen molar-refractivity contribution < 1.29 is 24.5 Å². The zero-order valence-corrected chi connectivity index (χ0v) is 30.5. The van der Waals surface area contributed by atoms with Gasteiger partial charge in [-0.25, -0.2) is 0 Å². The third kappa shape index (κ3) is 5.46. The summed E-state index contributed by atoms with van der Waals surface area (Å²) in [7, 11) is -1.30. The molecule has 5 nitrogen and oxygen atoms in total. The molecule has 1 radical (unpaired) electrons. The number of rotatable bonds is 4. The molecule has 5 heterocycles. The van der Waals surface area contributed by atoms with Crippen molar-refractivity contribution in [3.05, 3.63) is 109 Å². The second-order valence-electron chi connectivity index (χ2n) is 13.8. The Kier molecular flexibility index (Phi) is 8.23. The number of aryl methyl sites for hydroxylation is 1. The summed E-state index contributed by atoms with van der Waals surface area (Å²) in [6.45, 7) is 8.92. The first-order valence-electron chi connectivity index (χ1n) is 16.2. The number of para-hydroxylation sites is 1. The van der Waals surface area contributed by atoms with Gasteiger partial charge in [0.15, 0.2) is 0 Å². The van der Waals surface area contributed by atoms with Gasteiger partial charge in [0.05, 0.1) is 13.7 Å². The van der Waals surface area contributed by atoms with E-state index in [-0.39, 0.29) is 25.9 Å². The van der Waals surface area contributed by atoms with Crippen molar-refractivity contribution in [1.82, 2.24) is 23.8 Å². The first-order valence-corrected chi connectivity index (χ1v) is 19.7. The van der Waals surface area contributed by atoms with Gasteiger partial charge >= 0.3 is 0 Å². The van der Waals surface area contributed by atoms with E-state index in [2.05, 4.69) is 95.8 Å². The summed E-state index contributed by atoms with van der Waals surface area (Å²) in [5, 5.41) is 6.55. The molecule has 5 aromatic heterocycles. The number of hydrogen-bond acceptors (Lipinski definition) is 3. The van der Waals surface area contributed by atoms with Crippen molar-refractivity contribution in [3.63, 3.8) is 0 Å². The second-order valence-corrected chi connectivity index (χ2v) is 18.8. The van der Waals surface area contributed by atoms with Crippen LogP contribution < -0.4 is 5.19 Å². The fraction of sp³-hybridized carbons (Fsp3) is 0.256. The van der Waals surface area contributed by atoms with E-state index in [9.17, 15) is 4.39 Å². The maximum atomic E-state index is 12.8. The van der Waals surface area contributed by atoms with Gasteiger partial charge in [0.2, 0.25) is 0 Å². The average Bonchev–Trinajstić information content (AvgIpc) is 3.79. The largest absolute Gasteiger partial charge is 0.397 e. The van der Waals surface area contributed by atoms with Crippen molar-refractivity contribution in [2.45, 2.75) is 58.7 Å². The molecule has 1 aliphatic carbocycles. The van der Waals surface area contributed by atoms with E-state index in [1.165, 1.54) is 87.6 Å². The summed E-state index contributed by atoms with van der Waals surface area (Å²) in [6, 6.07) is 24.8. The Bertz CT molecular complexity index is 2350. The number of halogens is 1. The van der Waals surface area contributed by atoms with Crippen LogP contribution >= 0.6 is 0 Å². The van der Waals surface area contributed by atoms with Gasteiger partial charge in [-0.1, -0.05) is 88.6 Å². The van der Waals surface area contributed by atoms with Crippen molar-refractivity contribution in [2.24, 2.45) is 5.92 Å². The molecule has 0 saturated heterocycles. The summed E-state index contributed by atoms with van der Waals surface area (Å²) in [6.07, 6.45) is 13.7. The van der Waals surface area contributed by atoms with Crippen LogP contribution in [-0.2, 0) is 26.5 Å². The van der Waals surface area contributed by atoms with Crippen LogP contribution in [0.4, 0.5) is 4.39 Å². The number of fused-ring (bicyclic) bond motifs is 6. The van der Waals surface area contributed by atoms with Gasteiger partial charge in [-0.05, 0) is 52.0 Å². The molecule has 0 bridgehead atoms. The molecular formula is C39H36FIrN5Si-2. The predicted molar refractivity (Wildman–Crippen MR) is 188 cm³/mol. The van der Waals surface area contributed by atoms with Gasteiger partial charge in [-0.15, -0.1) is 29.8 Å². The van der Waals surface area contributed by atoms with E-state index in [4.69, 9.17) is 4.98 Å². The average molecular weight is 814 g/mol. The molecule has 0 N–H and O–H groups in total. The fourth-order valence-electron chi connectivity index (χ4n) is 7.32. The van der Waals surface area contributed by atoms with E-state index in [0.29, 0.717) is 0 Å². The number of pyridine rings is 2. The summed E-state index contributed by atoms with van der Waals surface area (Å²) >= 11 is 0. The number of hydrogen-bond donors (Lipinski definition) is 0. The molecule has 3 aromatic carbocycles. The van der Waals surface area contributed by atoms with E-state index >= 15 is 0 Å². The Balaban J connectivity index is 0.000000169. The van der Waals surface area contributed by atoms with Gasteiger partial charge in [0.25, 0.3) is 0 Å². The fourth-order valence-corrected chi connectivity index (χ4v) is 8.36. The van der Waals surface area contributed by atoms with Gasteiger partial charge in [-0.2, -0.15) is 0 Å². The third-order valence-corrected chi connectivity index (χ3v) is 11.7. The van der Waals surface area contributed by atoms with E-state index in [1.54, 1.807) is 6.07 Å². The number of aromatic nitrogens is 5. The number of imidazole rings is 1. The predicted octanol–water partition coefficient (Wildman–Crippen LogP) is 8.95. The van der Waals surface area contributed by atoms with Gasteiger partial charge in [-0.3, -0.25) is 9.37 Å². The minimum absolute atomic E-state index is 0. The Morgan fingerprint density at radius 3 is 2.49 bits per heavy atom. The Morgan fingerprint density at radius 1 is 0.957 bits per heavy atom. The standard InChI is InChI=1S/C25H21N4.C14H15FNSi.Ir/c1-15-25-28(14-27-15)24-22-17(10-11-26-24)13-18(12-16-6-2-3-7-16)21-19-8-4-5-9-20(19)29(25)23(21)22;1-17(2,3)13-8-9-14(16-10-13)11-4-6-12(15)7-5-11;/h4-5,8-11,13,16H,2-3,6-7,12H2,1H3;4,6-10H,1-3H3;/q2*-1;. The molecule has 0 atom stereocenters. The number of nitrogens with zero attached hydrogens (tertiary/aromatic N) is 5. The topological polar surface area (TPSA) is 47.5 Å². The molecule has 9 rings (SSSR count). The zero-order valence-electron chi connectivity index (χ0n) is 27.1. The van der Waals surface area contributed by atoms with Crippen molar-refractivity contribution in [2.75, 3.05) is 0 Å². The molecule has 1 aliphatic rings. The van der Waals surface area contributed by atoms with Crippen molar-refractivity contribution >= 4 is 57.1 Å². The summed E-state index contributed by atoms with van der Waals surface area (Å²) < 4.78 is 17.2.